The van der Waals surface area contributed by atoms with Crippen LogP contribution >= 0.6 is 0 Å². The number of anilines is 1. The highest BCUT2D eigenvalue weighted by Gasteiger charge is 2.35. The summed E-state index contributed by atoms with van der Waals surface area (Å²) in [6, 6.07) is 8.75. The molecule has 6 nitrogen and oxygen atoms in total. The van der Waals surface area contributed by atoms with E-state index in [4.69, 9.17) is 0 Å². The largest absolute Gasteiger partial charge is 0.371 e. The van der Waals surface area contributed by atoms with Gasteiger partial charge in [0.05, 0.1) is 19.1 Å². The van der Waals surface area contributed by atoms with Crippen LogP contribution in [-0.4, -0.2) is 85.4 Å². The number of carbonyl (C=O) groups excluding carboxylic acids is 1. The molecule has 1 amide bonds. The SMILES string of the molecule is CN=C[C@@H]1C[C@H](F)CN1C(=O)CN1CCC(N(C)c2ccc3ccncc3c2)CC1. The molecule has 0 aliphatic carbocycles. The smallest absolute Gasteiger partial charge is 0.237 e. The molecule has 2 aromatic rings. The van der Waals surface area contributed by atoms with Crippen molar-refractivity contribution in [2.75, 3.05) is 45.2 Å². The van der Waals surface area contributed by atoms with Crippen molar-refractivity contribution >= 4 is 28.6 Å². The number of likely N-dealkylation sites (tertiary alicyclic amines) is 2. The van der Waals surface area contributed by atoms with Gasteiger partial charge in [0.1, 0.15) is 6.17 Å². The third-order valence-corrected chi connectivity index (χ3v) is 6.43. The molecular formula is C23H30FN5O. The van der Waals surface area contributed by atoms with Gasteiger partial charge < -0.3 is 9.80 Å². The summed E-state index contributed by atoms with van der Waals surface area (Å²) in [6.45, 7) is 2.29. The van der Waals surface area contributed by atoms with Crippen LogP contribution in [0.25, 0.3) is 10.8 Å². The van der Waals surface area contributed by atoms with E-state index in [0.29, 0.717) is 19.0 Å². The van der Waals surface area contributed by atoms with Crippen molar-refractivity contribution in [3.63, 3.8) is 0 Å². The van der Waals surface area contributed by atoms with Gasteiger partial charge >= 0.3 is 0 Å². The topological polar surface area (TPSA) is 52.0 Å². The molecule has 0 bridgehead atoms. The molecule has 0 saturated carbocycles. The number of benzene rings is 1. The van der Waals surface area contributed by atoms with Crippen molar-refractivity contribution in [1.82, 2.24) is 14.8 Å². The predicted octanol–water partition coefficient (Wildman–Crippen LogP) is 2.78. The summed E-state index contributed by atoms with van der Waals surface area (Å²) in [5.74, 6) is 0.00823. The number of nitrogens with zero attached hydrogens (tertiary/aromatic N) is 5. The zero-order chi connectivity index (χ0) is 21.1. The zero-order valence-electron chi connectivity index (χ0n) is 17.7. The number of halogens is 1. The highest BCUT2D eigenvalue weighted by atomic mass is 19.1. The number of hydrogen-bond acceptors (Lipinski definition) is 5. The monoisotopic (exact) mass is 411 g/mol. The Labute approximate surface area is 177 Å². The Morgan fingerprint density at radius 2 is 2.10 bits per heavy atom. The highest BCUT2D eigenvalue weighted by Crippen LogP contribution is 2.26. The van der Waals surface area contributed by atoms with Gasteiger partial charge in [0.15, 0.2) is 0 Å². The van der Waals surface area contributed by atoms with Gasteiger partial charge in [-0.1, -0.05) is 6.07 Å². The second-order valence-corrected chi connectivity index (χ2v) is 8.38. The van der Waals surface area contributed by atoms with E-state index in [2.05, 4.69) is 45.0 Å². The highest BCUT2D eigenvalue weighted by molar-refractivity contribution is 5.85. The molecule has 4 rings (SSSR count). The fourth-order valence-corrected chi connectivity index (χ4v) is 4.66. The van der Waals surface area contributed by atoms with Crippen molar-refractivity contribution in [2.24, 2.45) is 4.99 Å². The van der Waals surface area contributed by atoms with Crippen molar-refractivity contribution in [1.29, 1.82) is 0 Å². The fourth-order valence-electron chi connectivity index (χ4n) is 4.66. The molecule has 160 valence electrons. The van der Waals surface area contributed by atoms with E-state index in [-0.39, 0.29) is 18.5 Å². The summed E-state index contributed by atoms with van der Waals surface area (Å²) in [5.41, 5.74) is 1.19. The lowest BCUT2D eigenvalue weighted by molar-refractivity contribution is -0.132. The number of hydrogen-bond donors (Lipinski definition) is 0. The van der Waals surface area contributed by atoms with Gasteiger partial charge in [-0.3, -0.25) is 19.7 Å². The minimum atomic E-state index is -0.950. The van der Waals surface area contributed by atoms with Gasteiger partial charge in [-0.25, -0.2) is 4.39 Å². The lowest BCUT2D eigenvalue weighted by Crippen LogP contribution is -2.48. The summed E-state index contributed by atoms with van der Waals surface area (Å²) in [5, 5.41) is 2.34. The maximum absolute atomic E-state index is 13.8. The molecule has 7 heteroatoms. The molecule has 0 spiro atoms. The molecular weight excluding hydrogens is 381 g/mol. The first-order chi connectivity index (χ1) is 14.5. The van der Waals surface area contributed by atoms with Crippen molar-refractivity contribution < 1.29 is 9.18 Å². The molecule has 3 heterocycles. The van der Waals surface area contributed by atoms with Gasteiger partial charge in [0.2, 0.25) is 5.91 Å². The van der Waals surface area contributed by atoms with E-state index in [1.165, 1.54) is 11.1 Å². The van der Waals surface area contributed by atoms with Crippen LogP contribution in [0, 0.1) is 0 Å². The third kappa shape index (κ3) is 4.46. The van der Waals surface area contributed by atoms with Crippen molar-refractivity contribution in [2.45, 2.75) is 37.5 Å². The van der Waals surface area contributed by atoms with Crippen LogP contribution < -0.4 is 4.90 Å². The van der Waals surface area contributed by atoms with E-state index in [0.717, 1.165) is 31.3 Å². The molecule has 1 aromatic heterocycles. The number of aromatic nitrogens is 1. The maximum Gasteiger partial charge on any atom is 0.237 e. The number of amides is 1. The molecule has 2 aliphatic heterocycles. The lowest BCUT2D eigenvalue weighted by atomic mass is 10.0. The first kappa shape index (κ1) is 20.7. The number of carbonyl (C=O) groups is 1. The van der Waals surface area contributed by atoms with Crippen LogP contribution in [0.15, 0.2) is 41.7 Å². The van der Waals surface area contributed by atoms with Crippen LogP contribution in [0.2, 0.25) is 0 Å². The quantitative estimate of drug-likeness (QED) is 0.710. The van der Waals surface area contributed by atoms with E-state index in [9.17, 15) is 9.18 Å². The molecule has 2 fully saturated rings. The Morgan fingerprint density at radius 3 is 2.87 bits per heavy atom. The number of piperidine rings is 1. The average molecular weight is 412 g/mol. The number of rotatable bonds is 5. The van der Waals surface area contributed by atoms with E-state index < -0.39 is 6.17 Å². The second kappa shape index (κ2) is 9.08. The minimum Gasteiger partial charge on any atom is -0.371 e. The molecule has 2 saturated heterocycles. The Kier molecular flexibility index (Phi) is 6.27. The van der Waals surface area contributed by atoms with Gasteiger partial charge in [-0.05, 0) is 36.4 Å². The van der Waals surface area contributed by atoms with Gasteiger partial charge in [0.25, 0.3) is 0 Å². The Hall–Kier alpha value is -2.54. The Balaban J connectivity index is 1.32. The molecule has 2 atom stereocenters. The van der Waals surface area contributed by atoms with E-state index >= 15 is 0 Å². The summed E-state index contributed by atoms with van der Waals surface area (Å²) in [7, 11) is 3.81. The normalized spacial score (nSPS) is 23.5. The van der Waals surface area contributed by atoms with Crippen LogP contribution in [0.5, 0.6) is 0 Å². The molecule has 0 unspecified atom stereocenters. The second-order valence-electron chi connectivity index (χ2n) is 8.38. The van der Waals surface area contributed by atoms with Gasteiger partial charge in [-0.2, -0.15) is 0 Å². The standard InChI is InChI=1S/C23H30FN5O/c1-25-14-22-12-19(24)15-29(22)23(30)16-28-9-6-20(7-10-28)27(2)21-4-3-17-5-8-26-13-18(17)11-21/h3-5,8,11,13-14,19-20,22H,6-7,9-10,12,15-16H2,1-2H3/t19-,22-/m0/s1. The average Bonchev–Trinajstić information content (AvgIpc) is 3.14. The Bertz CT molecular complexity index is 911. The van der Waals surface area contributed by atoms with Crippen LogP contribution in [0.1, 0.15) is 19.3 Å². The van der Waals surface area contributed by atoms with Crippen molar-refractivity contribution in [3.8, 4) is 0 Å². The number of fused-ring (bicyclic) bond motifs is 1. The van der Waals surface area contributed by atoms with Crippen molar-refractivity contribution in [3.05, 3.63) is 36.7 Å². The summed E-state index contributed by atoms with van der Waals surface area (Å²) < 4.78 is 13.8. The van der Waals surface area contributed by atoms with E-state index in [1.54, 1.807) is 18.2 Å². The maximum atomic E-state index is 13.8. The fraction of sp³-hybridized carbons (Fsp3) is 0.522. The molecule has 1 aromatic carbocycles. The third-order valence-electron chi connectivity index (χ3n) is 6.43. The lowest BCUT2D eigenvalue weighted by Gasteiger charge is -2.38. The molecule has 2 aliphatic rings. The van der Waals surface area contributed by atoms with Crippen LogP contribution in [0.4, 0.5) is 10.1 Å². The van der Waals surface area contributed by atoms with Gasteiger partial charge in [0, 0.05) is 69.3 Å². The van der Waals surface area contributed by atoms with Crippen LogP contribution in [0.3, 0.4) is 0 Å². The van der Waals surface area contributed by atoms with E-state index in [1.807, 2.05) is 18.5 Å². The zero-order valence-corrected chi connectivity index (χ0v) is 17.7. The molecule has 30 heavy (non-hydrogen) atoms. The summed E-state index contributed by atoms with van der Waals surface area (Å²) in [6.07, 6.45) is 6.82. The predicted molar refractivity (Wildman–Crippen MR) is 119 cm³/mol. The number of aliphatic imine (C=N–C) groups is 1. The van der Waals surface area contributed by atoms with Crippen LogP contribution in [-0.2, 0) is 4.79 Å². The summed E-state index contributed by atoms with van der Waals surface area (Å²) >= 11 is 0. The first-order valence-corrected chi connectivity index (χ1v) is 10.7. The Morgan fingerprint density at radius 1 is 1.30 bits per heavy atom. The first-order valence-electron chi connectivity index (χ1n) is 10.7. The number of pyridine rings is 1. The molecule has 0 N–H and O–H groups in total. The molecule has 0 radical (unpaired) electrons. The minimum absolute atomic E-state index is 0.00823. The summed E-state index contributed by atoms with van der Waals surface area (Å²) in [4.78, 5) is 27.2. The van der Waals surface area contributed by atoms with Gasteiger partial charge in [-0.15, -0.1) is 0 Å². The number of alkyl halides is 1.